The Labute approximate surface area is 158 Å². The average Bonchev–Trinajstić information content (AvgIpc) is 2.97. The van der Waals surface area contributed by atoms with E-state index < -0.39 is 11.7 Å². The summed E-state index contributed by atoms with van der Waals surface area (Å²) in [6.45, 7) is 1.61. The smallest absolute Gasteiger partial charge is 0.371 e. The Morgan fingerprint density at radius 3 is 2.46 bits per heavy atom. The molecule has 0 atom stereocenters. The lowest BCUT2D eigenvalue weighted by atomic mass is 9.89. The van der Waals surface area contributed by atoms with Gasteiger partial charge in [0.15, 0.2) is 0 Å². The van der Waals surface area contributed by atoms with Gasteiger partial charge in [-0.2, -0.15) is 13.2 Å². The molecule has 6 heteroatoms. The van der Waals surface area contributed by atoms with Crippen LogP contribution in [0.15, 0.2) is 47.1 Å². The molecule has 1 saturated heterocycles. The Balaban J connectivity index is 1.49. The summed E-state index contributed by atoms with van der Waals surface area (Å²) < 4.78 is 39.1. The first-order valence-corrected chi connectivity index (χ1v) is 9.33. The monoisotopic (exact) mass is 421 g/mol. The fraction of sp³-hybridized carbons (Fsp3) is 0.300. The largest absolute Gasteiger partial charge is 0.416 e. The lowest BCUT2D eigenvalue weighted by molar-refractivity contribution is -0.137. The van der Waals surface area contributed by atoms with Gasteiger partial charge in [0.1, 0.15) is 0 Å². The van der Waals surface area contributed by atoms with Crippen molar-refractivity contribution in [1.29, 1.82) is 0 Å². The van der Waals surface area contributed by atoms with Crippen LogP contribution in [0.4, 0.5) is 18.9 Å². The van der Waals surface area contributed by atoms with Gasteiger partial charge in [-0.05, 0) is 64.5 Å². The highest BCUT2D eigenvalue weighted by atomic mass is 79.9. The summed E-state index contributed by atoms with van der Waals surface area (Å²) >= 11 is 3.65. The van der Waals surface area contributed by atoms with Gasteiger partial charge in [-0.1, -0.05) is 18.2 Å². The molecule has 0 bridgehead atoms. The SMILES string of the molecule is FC(F)(F)c1c[c]c(N2CCC(c3c(Br)[nH]c4ccccc34)CC2)cc1. The highest BCUT2D eigenvalue weighted by molar-refractivity contribution is 9.10. The van der Waals surface area contributed by atoms with E-state index in [9.17, 15) is 13.2 Å². The van der Waals surface area contributed by atoms with Crippen LogP contribution in [0, 0.1) is 6.07 Å². The maximum absolute atomic E-state index is 12.7. The van der Waals surface area contributed by atoms with E-state index >= 15 is 0 Å². The minimum absolute atomic E-state index is 0.422. The van der Waals surface area contributed by atoms with Crippen LogP contribution < -0.4 is 4.90 Å². The van der Waals surface area contributed by atoms with Crippen molar-refractivity contribution in [3.8, 4) is 0 Å². The van der Waals surface area contributed by atoms with Crippen molar-refractivity contribution in [3.05, 3.63) is 64.3 Å². The molecule has 1 radical (unpaired) electrons. The number of halogens is 4. The minimum Gasteiger partial charge on any atom is -0.371 e. The van der Waals surface area contributed by atoms with Crippen LogP contribution in [0.25, 0.3) is 10.9 Å². The number of nitrogens with zero attached hydrogens (tertiary/aromatic N) is 1. The van der Waals surface area contributed by atoms with Crippen LogP contribution in [-0.2, 0) is 6.18 Å². The Morgan fingerprint density at radius 1 is 1.08 bits per heavy atom. The van der Waals surface area contributed by atoms with Crippen LogP contribution in [0.1, 0.15) is 29.9 Å². The van der Waals surface area contributed by atoms with Crippen molar-refractivity contribution < 1.29 is 13.2 Å². The molecule has 0 spiro atoms. The van der Waals surface area contributed by atoms with Crippen molar-refractivity contribution in [2.24, 2.45) is 0 Å². The lowest BCUT2D eigenvalue weighted by Gasteiger charge is -2.33. The fourth-order valence-corrected chi connectivity index (χ4v) is 4.48. The van der Waals surface area contributed by atoms with E-state index in [1.807, 2.05) is 12.1 Å². The second kappa shape index (κ2) is 6.65. The first-order chi connectivity index (χ1) is 12.4. The second-order valence-corrected chi connectivity index (χ2v) is 7.41. The van der Waals surface area contributed by atoms with E-state index in [0.717, 1.165) is 53.9 Å². The molecule has 0 unspecified atom stereocenters. The predicted octanol–water partition coefficient (Wildman–Crippen LogP) is 6.13. The third-order valence-electron chi connectivity index (χ3n) is 5.07. The number of aromatic nitrogens is 1. The van der Waals surface area contributed by atoms with Crippen LogP contribution in [0.5, 0.6) is 0 Å². The number of anilines is 1. The fourth-order valence-electron chi connectivity index (χ4n) is 3.73. The number of alkyl halides is 3. The topological polar surface area (TPSA) is 19.0 Å². The van der Waals surface area contributed by atoms with Crippen molar-refractivity contribution in [1.82, 2.24) is 4.98 Å². The van der Waals surface area contributed by atoms with Gasteiger partial charge in [-0.15, -0.1) is 0 Å². The molecule has 1 N–H and O–H groups in total. The molecular weight excluding hydrogens is 405 g/mol. The van der Waals surface area contributed by atoms with Crippen molar-refractivity contribution in [2.75, 3.05) is 18.0 Å². The van der Waals surface area contributed by atoms with E-state index in [4.69, 9.17) is 0 Å². The summed E-state index contributed by atoms with van der Waals surface area (Å²) in [6, 6.07) is 14.7. The molecule has 2 nitrogen and oxygen atoms in total. The normalized spacial score (nSPS) is 16.4. The third kappa shape index (κ3) is 3.22. The van der Waals surface area contributed by atoms with Gasteiger partial charge in [-0.3, -0.25) is 0 Å². The molecule has 0 saturated carbocycles. The highest BCUT2D eigenvalue weighted by Gasteiger charge is 2.31. The van der Waals surface area contributed by atoms with E-state index in [1.54, 1.807) is 0 Å². The summed E-state index contributed by atoms with van der Waals surface area (Å²) in [4.78, 5) is 5.49. The number of H-pyrrole nitrogens is 1. The zero-order chi connectivity index (χ0) is 18.3. The molecule has 2 heterocycles. The molecule has 2 aromatic carbocycles. The van der Waals surface area contributed by atoms with Crippen LogP contribution in [0.3, 0.4) is 0 Å². The maximum Gasteiger partial charge on any atom is 0.416 e. The quantitative estimate of drug-likeness (QED) is 0.526. The van der Waals surface area contributed by atoms with E-state index in [-0.39, 0.29) is 0 Å². The van der Waals surface area contributed by atoms with Crippen molar-refractivity contribution >= 4 is 32.5 Å². The summed E-state index contributed by atoms with van der Waals surface area (Å²) in [5, 5.41) is 1.24. The number of rotatable bonds is 2. The van der Waals surface area contributed by atoms with Crippen molar-refractivity contribution in [2.45, 2.75) is 24.9 Å². The third-order valence-corrected chi connectivity index (χ3v) is 5.69. The van der Waals surface area contributed by atoms with Gasteiger partial charge in [0, 0.05) is 35.7 Å². The number of hydrogen-bond acceptors (Lipinski definition) is 1. The maximum atomic E-state index is 12.7. The number of benzene rings is 2. The molecule has 1 aliphatic rings. The van der Waals surface area contributed by atoms with Crippen LogP contribution >= 0.6 is 15.9 Å². The molecule has 1 aliphatic heterocycles. The zero-order valence-electron chi connectivity index (χ0n) is 13.9. The lowest BCUT2D eigenvalue weighted by Crippen LogP contribution is -2.33. The molecule has 26 heavy (non-hydrogen) atoms. The standard InChI is InChI=1S/C20H17BrF3N2/c21-19-18(16-3-1-2-4-17(16)25-19)13-9-11-26(12-10-13)15-7-5-14(6-8-15)20(22,23)24/h1-7,13,25H,9-12H2. The Kier molecular flexibility index (Phi) is 4.47. The van der Waals surface area contributed by atoms with Crippen LogP contribution in [-0.4, -0.2) is 18.1 Å². The van der Waals surface area contributed by atoms with Gasteiger partial charge < -0.3 is 9.88 Å². The second-order valence-electron chi connectivity index (χ2n) is 6.62. The number of aromatic amines is 1. The summed E-state index contributed by atoms with van der Waals surface area (Å²) in [5.74, 6) is 0.422. The molecule has 3 aromatic rings. The number of fused-ring (bicyclic) bond motifs is 1. The Hall–Kier alpha value is -1.95. The minimum atomic E-state index is -4.32. The van der Waals surface area contributed by atoms with Gasteiger partial charge in [0.05, 0.1) is 10.2 Å². The van der Waals surface area contributed by atoms with E-state index in [0.29, 0.717) is 5.92 Å². The van der Waals surface area contributed by atoms with Gasteiger partial charge in [0.2, 0.25) is 0 Å². The molecule has 1 fully saturated rings. The molecule has 135 valence electrons. The summed E-state index contributed by atoms with van der Waals surface area (Å²) in [6.07, 6.45) is -2.41. The predicted molar refractivity (Wildman–Crippen MR) is 100 cm³/mol. The molecule has 0 aliphatic carbocycles. The van der Waals surface area contributed by atoms with Gasteiger partial charge in [-0.25, -0.2) is 0 Å². The van der Waals surface area contributed by atoms with Crippen LogP contribution in [0.2, 0.25) is 0 Å². The van der Waals surface area contributed by atoms with Gasteiger partial charge >= 0.3 is 6.18 Å². The van der Waals surface area contributed by atoms with E-state index in [1.165, 1.54) is 17.0 Å². The first-order valence-electron chi connectivity index (χ1n) is 8.53. The average molecular weight is 422 g/mol. The van der Waals surface area contributed by atoms with Gasteiger partial charge in [0.25, 0.3) is 0 Å². The molecule has 0 amide bonds. The molecular formula is C20H17BrF3N2. The molecule has 1 aromatic heterocycles. The van der Waals surface area contributed by atoms with E-state index in [2.05, 4.69) is 44.0 Å². The number of hydrogen-bond donors (Lipinski definition) is 1. The highest BCUT2D eigenvalue weighted by Crippen LogP contribution is 2.39. The number of para-hydroxylation sites is 1. The summed E-state index contributed by atoms with van der Waals surface area (Å²) in [7, 11) is 0. The zero-order valence-corrected chi connectivity index (χ0v) is 15.5. The Morgan fingerprint density at radius 2 is 1.81 bits per heavy atom. The molecule has 4 rings (SSSR count). The number of piperidine rings is 1. The Bertz CT molecular complexity index is 907. The van der Waals surface area contributed by atoms with Crippen molar-refractivity contribution in [3.63, 3.8) is 0 Å². The number of nitrogens with one attached hydrogen (secondary N) is 1. The summed E-state index contributed by atoms with van der Waals surface area (Å²) in [5.41, 5.74) is 2.50. The first kappa shape index (κ1) is 17.5.